The Labute approximate surface area is 120 Å². The monoisotopic (exact) mass is 286 g/mol. The minimum atomic E-state index is -0.982. The molecule has 6 nitrogen and oxygen atoms in total. The van der Waals surface area contributed by atoms with Crippen molar-refractivity contribution in [2.24, 2.45) is 11.8 Å². The molecule has 4 atom stereocenters. The van der Waals surface area contributed by atoms with Crippen molar-refractivity contribution in [3.8, 4) is 0 Å². The van der Waals surface area contributed by atoms with Crippen LogP contribution in [0.1, 0.15) is 33.6 Å². The minimum absolute atomic E-state index is 0.0265. The van der Waals surface area contributed by atoms with Crippen LogP contribution in [-0.2, 0) is 14.3 Å². The third-order valence-corrected chi connectivity index (χ3v) is 3.85. The van der Waals surface area contributed by atoms with Crippen molar-refractivity contribution in [1.29, 1.82) is 0 Å². The fourth-order valence-electron chi connectivity index (χ4n) is 2.29. The number of carbonyl (C=O) groups excluding carboxylic acids is 1. The normalized spacial score (nSPS) is 25.1. The zero-order chi connectivity index (χ0) is 15.1. The number of rotatable bonds is 8. The molecule has 3 N–H and O–H groups in total. The fraction of sp³-hybridized carbons (Fsp3) is 0.857. The zero-order valence-electron chi connectivity index (χ0n) is 12.5. The molecule has 2 unspecified atom stereocenters. The minimum Gasteiger partial charge on any atom is -0.480 e. The maximum absolute atomic E-state index is 12.3. The van der Waals surface area contributed by atoms with Crippen LogP contribution in [0.5, 0.6) is 0 Å². The van der Waals surface area contributed by atoms with Crippen molar-refractivity contribution < 1.29 is 19.4 Å². The Morgan fingerprint density at radius 1 is 1.35 bits per heavy atom. The second kappa shape index (κ2) is 8.21. The predicted molar refractivity (Wildman–Crippen MR) is 75.4 cm³/mol. The van der Waals surface area contributed by atoms with Gasteiger partial charge >= 0.3 is 5.97 Å². The van der Waals surface area contributed by atoms with Crippen LogP contribution in [0, 0.1) is 11.8 Å². The lowest BCUT2D eigenvalue weighted by Gasteiger charge is -2.24. The number of hydrogen-bond acceptors (Lipinski definition) is 4. The second-order valence-corrected chi connectivity index (χ2v) is 5.41. The fourth-order valence-corrected chi connectivity index (χ4v) is 2.29. The van der Waals surface area contributed by atoms with Crippen molar-refractivity contribution >= 4 is 11.9 Å². The first-order valence-electron chi connectivity index (χ1n) is 7.35. The van der Waals surface area contributed by atoms with Gasteiger partial charge in [0.2, 0.25) is 5.91 Å². The molecule has 1 heterocycles. The summed E-state index contributed by atoms with van der Waals surface area (Å²) in [5, 5.41) is 15.1. The summed E-state index contributed by atoms with van der Waals surface area (Å²) in [7, 11) is 0. The van der Waals surface area contributed by atoms with Gasteiger partial charge in [-0.15, -0.1) is 0 Å². The van der Waals surface area contributed by atoms with E-state index in [1.165, 1.54) is 0 Å². The molecule has 0 aliphatic carbocycles. The van der Waals surface area contributed by atoms with E-state index in [4.69, 9.17) is 4.74 Å². The molecule has 0 aromatic heterocycles. The summed E-state index contributed by atoms with van der Waals surface area (Å²) in [4.78, 5) is 23.5. The van der Waals surface area contributed by atoms with E-state index in [0.717, 1.165) is 13.0 Å². The Balaban J connectivity index is 2.61. The summed E-state index contributed by atoms with van der Waals surface area (Å²) in [6.07, 6.45) is 1.69. The highest BCUT2D eigenvalue weighted by molar-refractivity contribution is 5.85. The average molecular weight is 286 g/mol. The van der Waals surface area contributed by atoms with E-state index in [9.17, 15) is 14.7 Å². The first kappa shape index (κ1) is 16.9. The summed E-state index contributed by atoms with van der Waals surface area (Å²) in [6.45, 7) is 7.47. The summed E-state index contributed by atoms with van der Waals surface area (Å²) in [6, 6.07) is -0.860. The Bertz CT molecular complexity index is 335. The number of carbonyl (C=O) groups is 2. The van der Waals surface area contributed by atoms with Crippen molar-refractivity contribution in [3.63, 3.8) is 0 Å². The molecule has 6 heteroatoms. The summed E-state index contributed by atoms with van der Waals surface area (Å²) >= 11 is 0. The van der Waals surface area contributed by atoms with Gasteiger partial charge < -0.3 is 20.5 Å². The van der Waals surface area contributed by atoms with Crippen molar-refractivity contribution in [2.75, 3.05) is 19.8 Å². The van der Waals surface area contributed by atoms with Gasteiger partial charge in [-0.05, 0) is 18.9 Å². The summed E-state index contributed by atoms with van der Waals surface area (Å²) in [5.74, 6) is -1.62. The quantitative estimate of drug-likeness (QED) is 0.609. The third kappa shape index (κ3) is 4.45. The van der Waals surface area contributed by atoms with Gasteiger partial charge in [-0.1, -0.05) is 27.2 Å². The molecule has 20 heavy (non-hydrogen) atoms. The molecule has 1 fully saturated rings. The van der Waals surface area contributed by atoms with E-state index in [2.05, 4.69) is 17.6 Å². The van der Waals surface area contributed by atoms with Crippen LogP contribution in [0.4, 0.5) is 0 Å². The van der Waals surface area contributed by atoms with E-state index in [1.807, 2.05) is 13.8 Å². The SMILES string of the molecule is CCCNC1COCC1C(=O)N[C@H](C(=O)O)[C@@H](C)CC. The molecular formula is C14H26N2O4. The van der Waals surface area contributed by atoms with Gasteiger partial charge in [0.1, 0.15) is 6.04 Å². The van der Waals surface area contributed by atoms with Crippen LogP contribution in [-0.4, -0.2) is 48.8 Å². The van der Waals surface area contributed by atoms with Crippen LogP contribution in [0.2, 0.25) is 0 Å². The standard InChI is InChI=1S/C14H26N2O4/c1-4-6-15-11-8-20-7-10(11)13(17)16-12(14(18)19)9(3)5-2/h9-12,15H,4-8H2,1-3H3,(H,16,17)(H,18,19)/t9-,10?,11?,12-/m0/s1. The molecule has 116 valence electrons. The van der Waals surface area contributed by atoms with E-state index in [-0.39, 0.29) is 23.8 Å². The topological polar surface area (TPSA) is 87.7 Å². The second-order valence-electron chi connectivity index (χ2n) is 5.41. The number of carboxylic acids is 1. The Kier molecular flexibility index (Phi) is 6.95. The number of hydrogen-bond donors (Lipinski definition) is 3. The molecule has 0 bridgehead atoms. The molecule has 1 aliphatic rings. The molecule has 0 aromatic carbocycles. The molecule has 1 rings (SSSR count). The van der Waals surface area contributed by atoms with Gasteiger partial charge in [-0.25, -0.2) is 4.79 Å². The van der Waals surface area contributed by atoms with E-state index in [0.29, 0.717) is 19.6 Å². The Morgan fingerprint density at radius 3 is 2.60 bits per heavy atom. The number of carboxylic acid groups (broad SMARTS) is 1. The lowest BCUT2D eigenvalue weighted by molar-refractivity contribution is -0.144. The van der Waals surface area contributed by atoms with Crippen LogP contribution in [0.15, 0.2) is 0 Å². The number of ether oxygens (including phenoxy) is 1. The smallest absolute Gasteiger partial charge is 0.326 e. The van der Waals surface area contributed by atoms with Gasteiger partial charge in [-0.2, -0.15) is 0 Å². The Hall–Kier alpha value is -1.14. The summed E-state index contributed by atoms with van der Waals surface area (Å²) < 4.78 is 5.35. The molecule has 0 aromatic rings. The van der Waals surface area contributed by atoms with Gasteiger partial charge in [0.25, 0.3) is 0 Å². The van der Waals surface area contributed by atoms with Crippen molar-refractivity contribution in [1.82, 2.24) is 10.6 Å². The summed E-state index contributed by atoms with van der Waals surface area (Å²) in [5.41, 5.74) is 0. The predicted octanol–water partition coefficient (Wildman–Crippen LogP) is 0.617. The molecule has 1 aliphatic heterocycles. The largest absolute Gasteiger partial charge is 0.480 e. The molecule has 0 spiro atoms. The Morgan fingerprint density at radius 2 is 2.05 bits per heavy atom. The highest BCUT2D eigenvalue weighted by Crippen LogP contribution is 2.16. The van der Waals surface area contributed by atoms with Gasteiger partial charge in [0.15, 0.2) is 0 Å². The zero-order valence-corrected chi connectivity index (χ0v) is 12.5. The molecule has 0 saturated carbocycles. The number of nitrogens with one attached hydrogen (secondary N) is 2. The first-order valence-corrected chi connectivity index (χ1v) is 7.35. The lowest BCUT2D eigenvalue weighted by Crippen LogP contribution is -2.51. The average Bonchev–Trinajstić information content (AvgIpc) is 2.89. The van der Waals surface area contributed by atoms with Crippen LogP contribution in [0.3, 0.4) is 0 Å². The molecule has 1 saturated heterocycles. The number of amides is 1. The maximum atomic E-state index is 12.3. The maximum Gasteiger partial charge on any atom is 0.326 e. The van der Waals surface area contributed by atoms with Crippen molar-refractivity contribution in [3.05, 3.63) is 0 Å². The van der Waals surface area contributed by atoms with Crippen molar-refractivity contribution in [2.45, 2.75) is 45.7 Å². The van der Waals surface area contributed by atoms with E-state index < -0.39 is 12.0 Å². The highest BCUT2D eigenvalue weighted by atomic mass is 16.5. The van der Waals surface area contributed by atoms with Crippen LogP contribution < -0.4 is 10.6 Å². The first-order chi connectivity index (χ1) is 9.51. The molecular weight excluding hydrogens is 260 g/mol. The lowest BCUT2D eigenvalue weighted by atomic mass is 9.97. The molecule has 0 radical (unpaired) electrons. The van der Waals surface area contributed by atoms with Gasteiger partial charge in [-0.3, -0.25) is 4.79 Å². The highest BCUT2D eigenvalue weighted by Gasteiger charge is 2.36. The van der Waals surface area contributed by atoms with E-state index >= 15 is 0 Å². The van der Waals surface area contributed by atoms with E-state index in [1.54, 1.807) is 0 Å². The number of aliphatic carboxylic acids is 1. The van der Waals surface area contributed by atoms with Crippen LogP contribution >= 0.6 is 0 Å². The third-order valence-electron chi connectivity index (χ3n) is 3.85. The van der Waals surface area contributed by atoms with Gasteiger partial charge in [0, 0.05) is 6.04 Å². The van der Waals surface area contributed by atoms with Gasteiger partial charge in [0.05, 0.1) is 19.1 Å². The van der Waals surface area contributed by atoms with Crippen LogP contribution in [0.25, 0.3) is 0 Å². The molecule has 1 amide bonds.